The van der Waals surface area contributed by atoms with Crippen LogP contribution in [0, 0.1) is 15.9 Å². The van der Waals surface area contributed by atoms with E-state index in [4.69, 9.17) is 0 Å². The Morgan fingerprint density at radius 1 is 1.48 bits per heavy atom. The first kappa shape index (κ1) is 15.4. The maximum absolute atomic E-state index is 13.3. The highest BCUT2D eigenvalue weighted by Gasteiger charge is 2.30. The molecule has 0 radical (unpaired) electrons. The summed E-state index contributed by atoms with van der Waals surface area (Å²) in [5.41, 5.74) is -0.538. The lowest BCUT2D eigenvalue weighted by atomic mass is 10.1. The largest absolute Gasteiger partial charge is 0.336 e. The van der Waals surface area contributed by atoms with E-state index in [0.717, 1.165) is 24.7 Å². The second kappa shape index (κ2) is 6.17. The molecule has 0 aromatic heterocycles. The van der Waals surface area contributed by atoms with E-state index in [-0.39, 0.29) is 17.3 Å². The summed E-state index contributed by atoms with van der Waals surface area (Å²) in [5, 5.41) is 11.0. The van der Waals surface area contributed by atoms with Gasteiger partial charge in [0.05, 0.1) is 4.92 Å². The molecule has 6 nitrogen and oxygen atoms in total. The molecule has 7 heteroatoms. The van der Waals surface area contributed by atoms with Crippen molar-refractivity contribution in [1.82, 2.24) is 9.80 Å². The molecule has 0 saturated carbocycles. The Hall–Kier alpha value is -2.02. The number of rotatable bonds is 3. The second-order valence-corrected chi connectivity index (χ2v) is 5.15. The molecule has 1 unspecified atom stereocenters. The Bertz CT molecular complexity index is 564. The molecule has 0 aliphatic carbocycles. The molecule has 1 heterocycles. The van der Waals surface area contributed by atoms with Crippen LogP contribution in [0.3, 0.4) is 0 Å². The fraction of sp³-hybridized carbons (Fsp3) is 0.500. The summed E-state index contributed by atoms with van der Waals surface area (Å²) in [4.78, 5) is 26.6. The maximum atomic E-state index is 13.3. The van der Waals surface area contributed by atoms with E-state index in [9.17, 15) is 19.3 Å². The van der Waals surface area contributed by atoms with Gasteiger partial charge in [0.25, 0.3) is 11.6 Å². The molecule has 1 aromatic carbocycles. The predicted octanol–water partition coefficient (Wildman–Crippen LogP) is 1.90. The number of piperazine rings is 1. The number of hydrogen-bond donors (Lipinski definition) is 0. The van der Waals surface area contributed by atoms with E-state index in [0.29, 0.717) is 19.6 Å². The van der Waals surface area contributed by atoms with E-state index in [2.05, 4.69) is 4.90 Å². The number of carbonyl (C=O) groups excluding carboxylic acids is 1. The van der Waals surface area contributed by atoms with E-state index in [1.807, 2.05) is 13.8 Å². The predicted molar refractivity (Wildman–Crippen MR) is 75.7 cm³/mol. The first-order chi connectivity index (χ1) is 9.93. The van der Waals surface area contributed by atoms with Gasteiger partial charge in [-0.25, -0.2) is 4.39 Å². The molecule has 0 N–H and O–H groups in total. The highest BCUT2D eigenvalue weighted by atomic mass is 19.1. The third kappa shape index (κ3) is 3.18. The summed E-state index contributed by atoms with van der Waals surface area (Å²) >= 11 is 0. The first-order valence-electron chi connectivity index (χ1n) is 6.91. The maximum Gasteiger partial charge on any atom is 0.282 e. The zero-order valence-electron chi connectivity index (χ0n) is 12.1. The van der Waals surface area contributed by atoms with Crippen molar-refractivity contribution >= 4 is 11.6 Å². The molecule has 0 spiro atoms. The summed E-state index contributed by atoms with van der Waals surface area (Å²) in [6.07, 6.45) is 0. The van der Waals surface area contributed by atoms with Crippen LogP contribution in [0.2, 0.25) is 0 Å². The molecule has 1 aliphatic heterocycles. The number of nitro benzene ring substituents is 1. The summed E-state index contributed by atoms with van der Waals surface area (Å²) < 4.78 is 13.3. The van der Waals surface area contributed by atoms with Crippen molar-refractivity contribution in [2.45, 2.75) is 19.9 Å². The molecule has 0 bridgehead atoms. The van der Waals surface area contributed by atoms with Crippen molar-refractivity contribution in [3.05, 3.63) is 39.7 Å². The van der Waals surface area contributed by atoms with E-state index in [1.54, 1.807) is 4.90 Å². The van der Waals surface area contributed by atoms with Crippen LogP contribution in [-0.2, 0) is 0 Å². The lowest BCUT2D eigenvalue weighted by Crippen LogP contribution is -2.53. The average molecular weight is 295 g/mol. The van der Waals surface area contributed by atoms with Crippen LogP contribution in [0.25, 0.3) is 0 Å². The topological polar surface area (TPSA) is 66.7 Å². The van der Waals surface area contributed by atoms with Gasteiger partial charge in [-0.15, -0.1) is 0 Å². The Kier molecular flexibility index (Phi) is 4.52. The zero-order valence-corrected chi connectivity index (χ0v) is 12.1. The van der Waals surface area contributed by atoms with Crippen molar-refractivity contribution in [2.75, 3.05) is 26.2 Å². The van der Waals surface area contributed by atoms with Crippen LogP contribution in [0.4, 0.5) is 10.1 Å². The molecule has 1 aromatic rings. The first-order valence-corrected chi connectivity index (χ1v) is 6.91. The fourth-order valence-electron chi connectivity index (χ4n) is 2.66. The van der Waals surface area contributed by atoms with Crippen LogP contribution in [0.15, 0.2) is 18.2 Å². The Balaban J connectivity index is 2.25. The molecule has 1 amide bonds. The summed E-state index contributed by atoms with van der Waals surface area (Å²) in [6.45, 7) is 6.63. The zero-order chi connectivity index (χ0) is 15.6. The highest BCUT2D eigenvalue weighted by Crippen LogP contribution is 2.22. The summed E-state index contributed by atoms with van der Waals surface area (Å²) in [7, 11) is 0. The van der Waals surface area contributed by atoms with Gasteiger partial charge in [-0.05, 0) is 25.6 Å². The minimum Gasteiger partial charge on any atom is -0.336 e. The number of hydrogen-bond acceptors (Lipinski definition) is 4. The van der Waals surface area contributed by atoms with Gasteiger partial charge in [0.1, 0.15) is 11.4 Å². The van der Waals surface area contributed by atoms with E-state index in [1.165, 1.54) is 0 Å². The number of nitrogens with zero attached hydrogens (tertiary/aromatic N) is 3. The van der Waals surface area contributed by atoms with Gasteiger partial charge in [-0.1, -0.05) is 6.92 Å². The van der Waals surface area contributed by atoms with Crippen molar-refractivity contribution in [2.24, 2.45) is 0 Å². The molecule has 1 atom stereocenters. The number of likely N-dealkylation sites (N-methyl/N-ethyl adjacent to an activating group) is 1. The molecule has 21 heavy (non-hydrogen) atoms. The minimum atomic E-state index is -0.654. The molecular weight excluding hydrogens is 277 g/mol. The highest BCUT2D eigenvalue weighted by molar-refractivity contribution is 5.98. The van der Waals surface area contributed by atoms with Crippen LogP contribution < -0.4 is 0 Å². The quantitative estimate of drug-likeness (QED) is 0.631. The van der Waals surface area contributed by atoms with Crippen LogP contribution >= 0.6 is 0 Å². The molecular formula is C14H18FN3O3. The van der Waals surface area contributed by atoms with Crippen molar-refractivity contribution in [3.63, 3.8) is 0 Å². The monoisotopic (exact) mass is 295 g/mol. The van der Waals surface area contributed by atoms with Gasteiger partial charge >= 0.3 is 0 Å². The number of halogens is 1. The van der Waals surface area contributed by atoms with Crippen LogP contribution in [0.5, 0.6) is 0 Å². The minimum absolute atomic E-state index is 0.181. The van der Waals surface area contributed by atoms with E-state index >= 15 is 0 Å². The van der Waals surface area contributed by atoms with Gasteiger partial charge in [0.2, 0.25) is 0 Å². The standard InChI is InChI=1S/C14H18FN3O3/c1-3-16-6-7-17(9-10(16)2)14(19)12-8-11(15)4-5-13(12)18(20)21/h4-5,8,10H,3,6-7,9H2,1-2H3. The Morgan fingerprint density at radius 3 is 2.76 bits per heavy atom. The SMILES string of the molecule is CCN1CCN(C(=O)c2cc(F)ccc2[N+](=O)[O-])CC1C. The Morgan fingerprint density at radius 2 is 2.19 bits per heavy atom. The molecule has 1 fully saturated rings. The van der Waals surface area contributed by atoms with Crippen LogP contribution in [0.1, 0.15) is 24.2 Å². The normalized spacial score (nSPS) is 19.6. The summed E-state index contributed by atoms with van der Waals surface area (Å²) in [5.74, 6) is -1.13. The van der Waals surface area contributed by atoms with Crippen molar-refractivity contribution in [1.29, 1.82) is 0 Å². The van der Waals surface area contributed by atoms with Crippen molar-refractivity contribution < 1.29 is 14.1 Å². The van der Waals surface area contributed by atoms with Gasteiger partial charge in [-0.2, -0.15) is 0 Å². The molecule has 1 saturated heterocycles. The third-order valence-corrected chi connectivity index (χ3v) is 3.84. The van der Waals surface area contributed by atoms with Crippen molar-refractivity contribution in [3.8, 4) is 0 Å². The average Bonchev–Trinajstić information content (AvgIpc) is 2.45. The molecule has 1 aliphatic rings. The van der Waals surface area contributed by atoms with Gasteiger partial charge < -0.3 is 4.90 Å². The van der Waals surface area contributed by atoms with E-state index < -0.39 is 16.6 Å². The third-order valence-electron chi connectivity index (χ3n) is 3.84. The number of carbonyl (C=O) groups is 1. The second-order valence-electron chi connectivity index (χ2n) is 5.15. The fourth-order valence-corrected chi connectivity index (χ4v) is 2.66. The smallest absolute Gasteiger partial charge is 0.282 e. The van der Waals surface area contributed by atoms with Gasteiger partial charge in [0.15, 0.2) is 0 Å². The lowest BCUT2D eigenvalue weighted by Gasteiger charge is -2.39. The van der Waals surface area contributed by atoms with Crippen LogP contribution in [-0.4, -0.2) is 52.9 Å². The lowest BCUT2D eigenvalue weighted by molar-refractivity contribution is -0.385. The van der Waals surface area contributed by atoms with Gasteiger partial charge in [-0.3, -0.25) is 19.8 Å². The number of benzene rings is 1. The van der Waals surface area contributed by atoms with Gasteiger partial charge in [0, 0.05) is 31.7 Å². The number of nitro groups is 1. The summed E-state index contributed by atoms with van der Waals surface area (Å²) in [6, 6.07) is 3.15. The molecule has 114 valence electrons. The molecule has 2 rings (SSSR count). The Labute approximate surface area is 122 Å². The number of amides is 1.